The number of hydrogen-bond acceptors (Lipinski definition) is 5. The van der Waals surface area contributed by atoms with Crippen molar-refractivity contribution in [2.75, 3.05) is 25.6 Å². The summed E-state index contributed by atoms with van der Waals surface area (Å²) in [5.41, 5.74) is 4.19. The van der Waals surface area contributed by atoms with Crippen LogP contribution in [-0.4, -0.2) is 35.8 Å². The quantitative estimate of drug-likeness (QED) is 0.316. The number of fused-ring (bicyclic) bond motifs is 2. The maximum Gasteiger partial charge on any atom is 0.307 e. The minimum Gasteiger partial charge on any atom is -0.493 e. The Morgan fingerprint density at radius 1 is 1.17 bits per heavy atom. The van der Waals surface area contributed by atoms with Gasteiger partial charge >= 0.3 is 5.97 Å². The van der Waals surface area contributed by atoms with E-state index in [0.717, 1.165) is 59.5 Å². The highest BCUT2D eigenvalue weighted by Gasteiger charge is 2.22. The van der Waals surface area contributed by atoms with Crippen LogP contribution in [0.4, 0.5) is 5.82 Å². The van der Waals surface area contributed by atoms with Gasteiger partial charge in [-0.15, -0.1) is 0 Å². The first-order valence-corrected chi connectivity index (χ1v) is 12.3. The van der Waals surface area contributed by atoms with Crippen LogP contribution in [0.1, 0.15) is 35.7 Å². The molecule has 0 amide bonds. The first-order chi connectivity index (χ1) is 17.1. The van der Waals surface area contributed by atoms with E-state index in [1.165, 1.54) is 12.7 Å². The van der Waals surface area contributed by atoms with Gasteiger partial charge in [0.1, 0.15) is 11.6 Å². The Bertz CT molecular complexity index is 1350. The number of benzene rings is 2. The summed E-state index contributed by atoms with van der Waals surface area (Å²) in [7, 11) is 1.40. The molecule has 2 aromatic heterocycles. The molecule has 0 radical (unpaired) electrons. The maximum atomic E-state index is 12.2. The van der Waals surface area contributed by atoms with Crippen molar-refractivity contribution in [1.29, 1.82) is 0 Å². The molecule has 0 aliphatic carbocycles. The Balaban J connectivity index is 1.32. The van der Waals surface area contributed by atoms with Gasteiger partial charge < -0.3 is 19.4 Å². The van der Waals surface area contributed by atoms with Gasteiger partial charge in [-0.3, -0.25) is 4.79 Å². The second-order valence-corrected chi connectivity index (χ2v) is 9.11. The lowest BCUT2D eigenvalue weighted by molar-refractivity contribution is -0.141. The van der Waals surface area contributed by atoms with Crippen LogP contribution in [0.2, 0.25) is 5.02 Å². The summed E-state index contributed by atoms with van der Waals surface area (Å²) in [5.74, 6) is 1.52. The number of aromatic nitrogens is 2. The number of nitrogens with one attached hydrogen (secondary N) is 1. The molecule has 5 rings (SSSR count). The van der Waals surface area contributed by atoms with Crippen LogP contribution in [0.3, 0.4) is 0 Å². The lowest BCUT2D eigenvalue weighted by atomic mass is 10.0. The van der Waals surface area contributed by atoms with Crippen LogP contribution in [0, 0.1) is 0 Å². The fraction of sp³-hybridized carbons (Fsp3) is 0.286. The Kier molecular flexibility index (Phi) is 6.91. The molecule has 35 heavy (non-hydrogen) atoms. The molecular formula is C28H28ClN3O3. The monoisotopic (exact) mass is 489 g/mol. The van der Waals surface area contributed by atoms with E-state index in [9.17, 15) is 4.79 Å². The lowest BCUT2D eigenvalue weighted by Gasteiger charge is -2.21. The van der Waals surface area contributed by atoms with Gasteiger partial charge in [0.25, 0.3) is 0 Å². The number of halogens is 1. The smallest absolute Gasteiger partial charge is 0.307 e. The minimum atomic E-state index is -0.289. The molecule has 1 N–H and O–H groups in total. The van der Waals surface area contributed by atoms with E-state index in [1.807, 2.05) is 54.7 Å². The van der Waals surface area contributed by atoms with Crippen LogP contribution in [0.15, 0.2) is 66.9 Å². The number of anilines is 1. The van der Waals surface area contributed by atoms with Crippen molar-refractivity contribution >= 4 is 34.3 Å². The molecule has 4 aromatic rings. The van der Waals surface area contributed by atoms with E-state index in [2.05, 4.69) is 22.0 Å². The second kappa shape index (κ2) is 10.4. The third-order valence-corrected chi connectivity index (χ3v) is 6.80. The van der Waals surface area contributed by atoms with Gasteiger partial charge in [0, 0.05) is 40.8 Å². The Morgan fingerprint density at radius 2 is 2.06 bits per heavy atom. The molecule has 0 spiro atoms. The van der Waals surface area contributed by atoms with Crippen molar-refractivity contribution in [3.8, 4) is 5.75 Å². The molecule has 2 aromatic carbocycles. The van der Waals surface area contributed by atoms with E-state index in [4.69, 9.17) is 26.1 Å². The molecule has 180 valence electrons. The Morgan fingerprint density at radius 3 is 2.91 bits per heavy atom. The SMILES string of the molecule is COC(=O)CC(c1ccccc1Cl)n1ccc2cc(OCCc3ccc4c(n3)NCCC4)ccc21. The zero-order chi connectivity index (χ0) is 24.2. The number of carbonyl (C=O) groups excluding carboxylic acids is 1. The average molecular weight is 490 g/mol. The number of aryl methyl sites for hydroxylation is 1. The van der Waals surface area contributed by atoms with Crippen molar-refractivity contribution in [2.24, 2.45) is 0 Å². The third-order valence-electron chi connectivity index (χ3n) is 6.46. The van der Waals surface area contributed by atoms with Crippen molar-refractivity contribution in [3.63, 3.8) is 0 Å². The number of pyridine rings is 1. The molecule has 0 fully saturated rings. The molecule has 0 saturated heterocycles. The van der Waals surface area contributed by atoms with Crippen LogP contribution >= 0.6 is 11.6 Å². The van der Waals surface area contributed by atoms with Crippen molar-refractivity contribution in [3.05, 3.63) is 88.7 Å². The number of methoxy groups -OCH3 is 1. The Labute approximate surface area is 209 Å². The summed E-state index contributed by atoms with van der Waals surface area (Å²) in [4.78, 5) is 16.9. The molecule has 6 nitrogen and oxygen atoms in total. The van der Waals surface area contributed by atoms with Crippen molar-refractivity contribution in [1.82, 2.24) is 9.55 Å². The second-order valence-electron chi connectivity index (χ2n) is 8.70. The van der Waals surface area contributed by atoms with Crippen LogP contribution in [0.5, 0.6) is 5.75 Å². The van der Waals surface area contributed by atoms with E-state index >= 15 is 0 Å². The lowest BCUT2D eigenvalue weighted by Crippen LogP contribution is -2.16. The average Bonchev–Trinajstić information content (AvgIpc) is 3.30. The van der Waals surface area contributed by atoms with Gasteiger partial charge in [0.05, 0.1) is 26.2 Å². The highest BCUT2D eigenvalue weighted by atomic mass is 35.5. The van der Waals surface area contributed by atoms with Crippen LogP contribution < -0.4 is 10.1 Å². The topological polar surface area (TPSA) is 65.4 Å². The molecule has 1 atom stereocenters. The molecule has 0 bridgehead atoms. The Hall–Kier alpha value is -3.51. The van der Waals surface area contributed by atoms with E-state index in [0.29, 0.717) is 11.6 Å². The van der Waals surface area contributed by atoms with Crippen molar-refractivity contribution < 1.29 is 14.3 Å². The van der Waals surface area contributed by atoms with Gasteiger partial charge in [0.2, 0.25) is 0 Å². The zero-order valence-corrected chi connectivity index (χ0v) is 20.4. The van der Waals surface area contributed by atoms with Crippen LogP contribution in [-0.2, 0) is 22.4 Å². The molecule has 1 aliphatic rings. The van der Waals surface area contributed by atoms with Gasteiger partial charge in [-0.25, -0.2) is 4.98 Å². The number of nitrogens with zero attached hydrogens (tertiary/aromatic N) is 2. The highest BCUT2D eigenvalue weighted by molar-refractivity contribution is 6.31. The summed E-state index contributed by atoms with van der Waals surface area (Å²) < 4.78 is 13.1. The number of esters is 1. The number of rotatable bonds is 8. The third kappa shape index (κ3) is 5.13. The van der Waals surface area contributed by atoms with Gasteiger partial charge in [-0.05, 0) is 60.4 Å². The molecule has 0 saturated carbocycles. The first kappa shape index (κ1) is 23.2. The van der Waals surface area contributed by atoms with Gasteiger partial charge in [-0.1, -0.05) is 35.9 Å². The molecule has 7 heteroatoms. The van der Waals surface area contributed by atoms with E-state index in [-0.39, 0.29) is 18.4 Å². The molecule has 1 aliphatic heterocycles. The molecular weight excluding hydrogens is 462 g/mol. The minimum absolute atomic E-state index is 0.185. The van der Waals surface area contributed by atoms with Gasteiger partial charge in [0.15, 0.2) is 0 Å². The summed E-state index contributed by atoms with van der Waals surface area (Å²) in [6.07, 6.45) is 5.15. The predicted molar refractivity (Wildman–Crippen MR) is 138 cm³/mol. The predicted octanol–water partition coefficient (Wildman–Crippen LogP) is 5.82. The van der Waals surface area contributed by atoms with Crippen LogP contribution in [0.25, 0.3) is 10.9 Å². The number of ether oxygens (including phenoxy) is 2. The normalized spacial score (nSPS) is 13.7. The summed E-state index contributed by atoms with van der Waals surface area (Å²) in [6, 6.07) is 19.6. The fourth-order valence-corrected chi connectivity index (χ4v) is 4.89. The first-order valence-electron chi connectivity index (χ1n) is 11.9. The summed E-state index contributed by atoms with van der Waals surface area (Å²) in [5, 5.41) is 5.03. The van der Waals surface area contributed by atoms with Gasteiger partial charge in [-0.2, -0.15) is 0 Å². The fourth-order valence-electron chi connectivity index (χ4n) is 4.63. The molecule has 1 unspecified atom stereocenters. The van der Waals surface area contributed by atoms with E-state index in [1.54, 1.807) is 0 Å². The van der Waals surface area contributed by atoms with Crippen molar-refractivity contribution in [2.45, 2.75) is 31.7 Å². The summed E-state index contributed by atoms with van der Waals surface area (Å²) in [6.45, 7) is 1.53. The zero-order valence-electron chi connectivity index (χ0n) is 19.7. The summed E-state index contributed by atoms with van der Waals surface area (Å²) >= 11 is 6.49. The largest absolute Gasteiger partial charge is 0.493 e. The highest BCUT2D eigenvalue weighted by Crippen LogP contribution is 2.33. The van der Waals surface area contributed by atoms with E-state index < -0.39 is 0 Å². The standard InChI is InChI=1S/C28H28ClN3O3/c1-34-27(33)18-26(23-6-2-3-7-24(23)29)32-15-12-20-17-22(10-11-25(20)32)35-16-13-21-9-8-19-5-4-14-30-28(19)31-21/h2-3,6-12,15,17,26H,4-5,13-14,16,18H2,1H3,(H,30,31). The number of carbonyl (C=O) groups is 1. The number of hydrogen-bond donors (Lipinski definition) is 1. The maximum absolute atomic E-state index is 12.2. The molecule has 3 heterocycles.